The number of aryl methyl sites for hydroxylation is 1. The number of aromatic amines is 1. The van der Waals surface area contributed by atoms with Gasteiger partial charge in [0.25, 0.3) is 0 Å². The van der Waals surface area contributed by atoms with E-state index in [0.29, 0.717) is 5.25 Å². The van der Waals surface area contributed by atoms with Crippen molar-refractivity contribution < 1.29 is 0 Å². The van der Waals surface area contributed by atoms with Crippen LogP contribution in [-0.2, 0) is 0 Å². The minimum Gasteiger partial charge on any atom is -0.345 e. The fourth-order valence-electron chi connectivity index (χ4n) is 1.82. The lowest BCUT2D eigenvalue weighted by Crippen LogP contribution is -2.07. The standard InChI is InChI=1S/C10H17N3S/c1-6(11)10-12-7(2)9(13-10)8-4-3-5-14-8/h6,8H,3-5,11H2,1-2H3,(H,12,13). The van der Waals surface area contributed by atoms with Crippen LogP contribution in [0.5, 0.6) is 0 Å². The van der Waals surface area contributed by atoms with E-state index in [1.54, 1.807) is 0 Å². The molecule has 0 aliphatic carbocycles. The summed E-state index contributed by atoms with van der Waals surface area (Å²) in [7, 11) is 0. The third-order valence-electron chi connectivity index (χ3n) is 2.61. The maximum absolute atomic E-state index is 5.79. The summed E-state index contributed by atoms with van der Waals surface area (Å²) in [5.41, 5.74) is 8.21. The number of aromatic nitrogens is 2. The Morgan fingerprint density at radius 1 is 1.64 bits per heavy atom. The minimum atomic E-state index is 0.00820. The van der Waals surface area contributed by atoms with Crippen molar-refractivity contribution >= 4 is 11.8 Å². The van der Waals surface area contributed by atoms with Gasteiger partial charge in [0.2, 0.25) is 0 Å². The summed E-state index contributed by atoms with van der Waals surface area (Å²) in [4.78, 5) is 7.86. The Morgan fingerprint density at radius 3 is 2.93 bits per heavy atom. The molecule has 0 bridgehead atoms. The lowest BCUT2D eigenvalue weighted by Gasteiger charge is -2.05. The molecule has 3 nitrogen and oxygen atoms in total. The SMILES string of the molecule is Cc1[nH]c(C(C)N)nc1C1CCCS1. The number of thioether (sulfide) groups is 1. The molecule has 0 radical (unpaired) electrons. The molecule has 0 spiro atoms. The van der Waals surface area contributed by atoms with Gasteiger partial charge in [-0.25, -0.2) is 4.98 Å². The molecule has 0 amide bonds. The Bertz CT molecular complexity index is 313. The van der Waals surface area contributed by atoms with Crippen LogP contribution in [0.1, 0.15) is 48.3 Å². The van der Waals surface area contributed by atoms with E-state index < -0.39 is 0 Å². The highest BCUT2D eigenvalue weighted by atomic mass is 32.2. The van der Waals surface area contributed by atoms with Gasteiger partial charge in [-0.1, -0.05) is 0 Å². The smallest absolute Gasteiger partial charge is 0.123 e. The molecule has 1 saturated heterocycles. The summed E-state index contributed by atoms with van der Waals surface area (Å²) in [6.07, 6.45) is 2.57. The lowest BCUT2D eigenvalue weighted by molar-refractivity contribution is 0.744. The summed E-state index contributed by atoms with van der Waals surface area (Å²) in [6, 6.07) is 0.00820. The van der Waals surface area contributed by atoms with Crippen molar-refractivity contribution in [3.8, 4) is 0 Å². The Hall–Kier alpha value is -0.480. The highest BCUT2D eigenvalue weighted by Gasteiger charge is 2.23. The van der Waals surface area contributed by atoms with Crippen molar-refractivity contribution in [1.82, 2.24) is 9.97 Å². The first kappa shape index (κ1) is 10.1. The van der Waals surface area contributed by atoms with Gasteiger partial charge < -0.3 is 10.7 Å². The average molecular weight is 211 g/mol. The van der Waals surface area contributed by atoms with E-state index in [2.05, 4.69) is 16.9 Å². The first-order valence-corrected chi connectivity index (χ1v) is 6.17. The van der Waals surface area contributed by atoms with E-state index in [0.717, 1.165) is 5.82 Å². The number of nitrogens with one attached hydrogen (secondary N) is 1. The van der Waals surface area contributed by atoms with E-state index >= 15 is 0 Å². The highest BCUT2D eigenvalue weighted by molar-refractivity contribution is 7.99. The molecule has 0 saturated carbocycles. The van der Waals surface area contributed by atoms with Crippen molar-refractivity contribution in [3.63, 3.8) is 0 Å². The molecule has 4 heteroatoms. The molecule has 1 aromatic rings. The number of hydrogen-bond donors (Lipinski definition) is 2. The monoisotopic (exact) mass is 211 g/mol. The maximum atomic E-state index is 5.79. The van der Waals surface area contributed by atoms with Crippen LogP contribution >= 0.6 is 11.8 Å². The van der Waals surface area contributed by atoms with Crippen LogP contribution in [-0.4, -0.2) is 15.7 Å². The summed E-state index contributed by atoms with van der Waals surface area (Å²) >= 11 is 2.01. The molecule has 1 fully saturated rings. The number of nitrogens with two attached hydrogens (primary N) is 1. The molecule has 2 heterocycles. The van der Waals surface area contributed by atoms with Gasteiger partial charge in [-0.15, -0.1) is 0 Å². The van der Waals surface area contributed by atoms with Crippen LogP contribution < -0.4 is 5.73 Å². The number of rotatable bonds is 2. The molecule has 2 unspecified atom stereocenters. The average Bonchev–Trinajstić information content (AvgIpc) is 2.71. The van der Waals surface area contributed by atoms with Gasteiger partial charge >= 0.3 is 0 Å². The predicted molar refractivity (Wildman–Crippen MR) is 60.4 cm³/mol. The molecule has 14 heavy (non-hydrogen) atoms. The molecule has 2 atom stereocenters. The largest absolute Gasteiger partial charge is 0.345 e. The number of H-pyrrole nitrogens is 1. The zero-order chi connectivity index (χ0) is 10.1. The molecule has 2 rings (SSSR count). The molecule has 0 aromatic carbocycles. The van der Waals surface area contributed by atoms with E-state index in [1.807, 2.05) is 18.7 Å². The maximum Gasteiger partial charge on any atom is 0.123 e. The molecule has 3 N–H and O–H groups in total. The predicted octanol–water partition coefficient (Wildman–Crippen LogP) is 2.31. The van der Waals surface area contributed by atoms with Crippen LogP contribution in [0, 0.1) is 6.92 Å². The number of imidazole rings is 1. The van der Waals surface area contributed by atoms with Crippen LogP contribution in [0.15, 0.2) is 0 Å². The highest BCUT2D eigenvalue weighted by Crippen LogP contribution is 2.40. The molecule has 1 aromatic heterocycles. The van der Waals surface area contributed by atoms with E-state index in [-0.39, 0.29) is 6.04 Å². The fourth-order valence-corrected chi connectivity index (χ4v) is 3.16. The van der Waals surface area contributed by atoms with Gasteiger partial charge in [0.15, 0.2) is 0 Å². The second-order valence-electron chi connectivity index (χ2n) is 3.92. The van der Waals surface area contributed by atoms with Gasteiger partial charge in [0.1, 0.15) is 5.82 Å². The zero-order valence-electron chi connectivity index (χ0n) is 8.71. The Morgan fingerprint density at radius 2 is 2.43 bits per heavy atom. The third-order valence-corrected chi connectivity index (χ3v) is 3.99. The summed E-state index contributed by atoms with van der Waals surface area (Å²) < 4.78 is 0. The van der Waals surface area contributed by atoms with Crippen molar-refractivity contribution in [1.29, 1.82) is 0 Å². The number of nitrogens with zero attached hydrogens (tertiary/aromatic N) is 1. The van der Waals surface area contributed by atoms with Crippen LogP contribution in [0.4, 0.5) is 0 Å². The van der Waals surface area contributed by atoms with Gasteiger partial charge in [-0.2, -0.15) is 11.8 Å². The Kier molecular flexibility index (Phi) is 2.83. The molecule has 1 aliphatic rings. The van der Waals surface area contributed by atoms with Gasteiger partial charge in [0.05, 0.1) is 11.7 Å². The quantitative estimate of drug-likeness (QED) is 0.789. The van der Waals surface area contributed by atoms with Crippen LogP contribution in [0.2, 0.25) is 0 Å². The van der Waals surface area contributed by atoms with Crippen LogP contribution in [0.25, 0.3) is 0 Å². The number of hydrogen-bond acceptors (Lipinski definition) is 3. The normalized spacial score (nSPS) is 24.1. The van der Waals surface area contributed by atoms with Crippen molar-refractivity contribution in [2.45, 2.75) is 38.0 Å². The summed E-state index contributed by atoms with van der Waals surface area (Å²) in [5, 5.41) is 0.596. The first-order chi connectivity index (χ1) is 6.68. The lowest BCUT2D eigenvalue weighted by atomic mass is 10.2. The molecular formula is C10H17N3S. The summed E-state index contributed by atoms with van der Waals surface area (Å²) in [6.45, 7) is 4.05. The third kappa shape index (κ3) is 1.81. The van der Waals surface area contributed by atoms with Crippen molar-refractivity contribution in [2.24, 2.45) is 5.73 Å². The van der Waals surface area contributed by atoms with E-state index in [4.69, 9.17) is 5.73 Å². The minimum absolute atomic E-state index is 0.00820. The second kappa shape index (κ2) is 3.95. The topological polar surface area (TPSA) is 54.7 Å². The van der Waals surface area contributed by atoms with Gasteiger partial charge in [-0.05, 0) is 32.4 Å². The van der Waals surface area contributed by atoms with Gasteiger partial charge in [0, 0.05) is 10.9 Å². The Balaban J connectivity index is 2.24. The molecule has 78 valence electrons. The second-order valence-corrected chi connectivity index (χ2v) is 5.23. The van der Waals surface area contributed by atoms with E-state index in [9.17, 15) is 0 Å². The molecular weight excluding hydrogens is 194 g/mol. The fraction of sp³-hybridized carbons (Fsp3) is 0.700. The van der Waals surface area contributed by atoms with Crippen molar-refractivity contribution in [2.75, 3.05) is 5.75 Å². The Labute approximate surface area is 88.9 Å². The van der Waals surface area contributed by atoms with E-state index in [1.165, 1.54) is 30.0 Å². The molecule has 1 aliphatic heterocycles. The first-order valence-electron chi connectivity index (χ1n) is 5.12. The summed E-state index contributed by atoms with van der Waals surface area (Å²) in [5.74, 6) is 2.19. The van der Waals surface area contributed by atoms with Crippen LogP contribution in [0.3, 0.4) is 0 Å². The van der Waals surface area contributed by atoms with Gasteiger partial charge in [-0.3, -0.25) is 0 Å². The zero-order valence-corrected chi connectivity index (χ0v) is 9.53. The van der Waals surface area contributed by atoms with Crippen molar-refractivity contribution in [3.05, 3.63) is 17.2 Å².